The van der Waals surface area contributed by atoms with E-state index in [2.05, 4.69) is 0 Å². The van der Waals surface area contributed by atoms with Crippen molar-refractivity contribution in [1.82, 2.24) is 4.90 Å². The van der Waals surface area contributed by atoms with Gasteiger partial charge in [-0.15, -0.1) is 0 Å². The lowest BCUT2D eigenvalue weighted by molar-refractivity contribution is -0.139. The van der Waals surface area contributed by atoms with Gasteiger partial charge in [-0.2, -0.15) is 0 Å². The van der Waals surface area contributed by atoms with Gasteiger partial charge in [0.05, 0.1) is 23.7 Å². The van der Waals surface area contributed by atoms with E-state index >= 15 is 0 Å². The van der Waals surface area contributed by atoms with Crippen LogP contribution >= 0.6 is 23.2 Å². The van der Waals surface area contributed by atoms with Crippen LogP contribution in [0.15, 0.2) is 72.3 Å². The number of anilines is 1. The maximum Gasteiger partial charge on any atom is 0.295 e. The smallest absolute Gasteiger partial charge is 0.295 e. The number of ketones is 1. The molecule has 0 aromatic heterocycles. The zero-order valence-electron chi connectivity index (χ0n) is 20.2. The number of benzene rings is 3. The van der Waals surface area contributed by atoms with Crippen molar-refractivity contribution in [2.24, 2.45) is 0 Å². The van der Waals surface area contributed by atoms with Gasteiger partial charge >= 0.3 is 0 Å². The molecule has 0 spiro atoms. The molecule has 1 aliphatic rings. The number of aliphatic hydroxyl groups is 1. The number of hydrogen-bond donors (Lipinski definition) is 1. The number of methoxy groups -OCH3 is 1. The Balaban J connectivity index is 1.78. The Morgan fingerprint density at radius 2 is 1.67 bits per heavy atom. The fourth-order valence-electron chi connectivity index (χ4n) is 4.28. The second kappa shape index (κ2) is 10.6. The predicted molar refractivity (Wildman–Crippen MR) is 143 cm³/mol. The third kappa shape index (κ3) is 5.06. The monoisotopic (exact) mass is 524 g/mol. The molecule has 0 bridgehead atoms. The zero-order chi connectivity index (χ0) is 26.0. The van der Waals surface area contributed by atoms with Crippen molar-refractivity contribution in [3.63, 3.8) is 0 Å². The quantitative estimate of drug-likeness (QED) is 0.242. The molecule has 1 saturated heterocycles. The topological polar surface area (TPSA) is 70.1 Å². The van der Waals surface area contributed by atoms with Gasteiger partial charge in [0, 0.05) is 36.9 Å². The minimum absolute atomic E-state index is 0.0231. The predicted octanol–water partition coefficient (Wildman–Crippen LogP) is 5.73. The average molecular weight is 525 g/mol. The van der Waals surface area contributed by atoms with E-state index in [1.165, 1.54) is 18.1 Å². The molecule has 0 radical (unpaired) electrons. The molecular weight excluding hydrogens is 499 g/mol. The van der Waals surface area contributed by atoms with E-state index in [-0.39, 0.29) is 22.9 Å². The number of amides is 1. The number of aliphatic hydroxyl groups excluding tert-OH is 1. The molecule has 186 valence electrons. The fraction of sp³-hybridized carbons (Fsp3) is 0.214. The molecule has 1 amide bonds. The largest absolute Gasteiger partial charge is 0.507 e. The van der Waals surface area contributed by atoms with Crippen molar-refractivity contribution in [2.75, 3.05) is 32.6 Å². The number of ether oxygens (including phenoxy) is 1. The third-order valence-electron chi connectivity index (χ3n) is 6.25. The average Bonchev–Trinajstić information content (AvgIpc) is 3.12. The number of carbonyl (C=O) groups excluding carboxylic acids is 2. The SMILES string of the molecule is COc1ccc(/C(O)=C2/C(=O)C(=O)N(CCc3ccc(Cl)cc3)C2c2ccc(N(C)C)cc2)cc1Cl. The number of halogens is 2. The van der Waals surface area contributed by atoms with Crippen molar-refractivity contribution in [3.8, 4) is 5.75 Å². The van der Waals surface area contributed by atoms with Crippen molar-refractivity contribution in [1.29, 1.82) is 0 Å². The molecule has 1 fully saturated rings. The number of nitrogens with zero attached hydrogens (tertiary/aromatic N) is 2. The Morgan fingerprint density at radius 3 is 2.25 bits per heavy atom. The van der Waals surface area contributed by atoms with Gasteiger partial charge in [-0.05, 0) is 60.0 Å². The van der Waals surface area contributed by atoms with Crippen LogP contribution < -0.4 is 9.64 Å². The maximum atomic E-state index is 13.3. The summed E-state index contributed by atoms with van der Waals surface area (Å²) in [6.45, 7) is 0.284. The van der Waals surface area contributed by atoms with Gasteiger partial charge in [0.1, 0.15) is 11.5 Å². The summed E-state index contributed by atoms with van der Waals surface area (Å²) < 4.78 is 5.19. The van der Waals surface area contributed by atoms with Crippen LogP contribution in [0, 0.1) is 0 Å². The van der Waals surface area contributed by atoms with Crippen LogP contribution in [0.25, 0.3) is 5.76 Å². The van der Waals surface area contributed by atoms with Gasteiger partial charge in [0.15, 0.2) is 0 Å². The van der Waals surface area contributed by atoms with Crippen LogP contribution in [0.1, 0.15) is 22.7 Å². The summed E-state index contributed by atoms with van der Waals surface area (Å²) >= 11 is 12.3. The second-order valence-corrected chi connectivity index (χ2v) is 9.55. The second-order valence-electron chi connectivity index (χ2n) is 8.70. The Hall–Kier alpha value is -3.48. The highest BCUT2D eigenvalue weighted by Gasteiger charge is 2.45. The van der Waals surface area contributed by atoms with E-state index in [1.807, 2.05) is 55.4 Å². The molecule has 3 aromatic rings. The van der Waals surface area contributed by atoms with E-state index < -0.39 is 17.7 Å². The fourth-order valence-corrected chi connectivity index (χ4v) is 4.67. The lowest BCUT2D eigenvalue weighted by Gasteiger charge is -2.26. The summed E-state index contributed by atoms with van der Waals surface area (Å²) in [6.07, 6.45) is 0.519. The number of carbonyl (C=O) groups is 2. The Bertz CT molecular complexity index is 1320. The molecule has 8 heteroatoms. The van der Waals surface area contributed by atoms with Crippen molar-refractivity contribution in [3.05, 3.63) is 99.0 Å². The first-order valence-electron chi connectivity index (χ1n) is 11.3. The summed E-state index contributed by atoms with van der Waals surface area (Å²) in [5, 5.41) is 12.2. The van der Waals surface area contributed by atoms with Crippen LogP contribution in [0.4, 0.5) is 5.69 Å². The number of Topliss-reactive ketones (excluding diaryl/α,β-unsaturated/α-hetero) is 1. The molecule has 36 heavy (non-hydrogen) atoms. The molecule has 1 unspecified atom stereocenters. The molecule has 6 nitrogen and oxygen atoms in total. The highest BCUT2D eigenvalue weighted by molar-refractivity contribution is 6.46. The molecule has 0 saturated carbocycles. The molecular formula is C28H26Cl2N2O4. The minimum atomic E-state index is -0.755. The third-order valence-corrected chi connectivity index (χ3v) is 6.79. The summed E-state index contributed by atoms with van der Waals surface area (Å²) in [5.74, 6) is -1.25. The van der Waals surface area contributed by atoms with E-state index in [0.717, 1.165) is 16.8 Å². The summed E-state index contributed by atoms with van der Waals surface area (Å²) in [5.41, 5.74) is 3.02. The van der Waals surface area contributed by atoms with Gasteiger partial charge < -0.3 is 19.6 Å². The van der Waals surface area contributed by atoms with Gasteiger partial charge in [0.25, 0.3) is 11.7 Å². The van der Waals surface area contributed by atoms with Gasteiger partial charge in [-0.1, -0.05) is 47.5 Å². The Labute approximate surface area is 220 Å². The minimum Gasteiger partial charge on any atom is -0.507 e. The van der Waals surface area contributed by atoms with Gasteiger partial charge in [0.2, 0.25) is 0 Å². The van der Waals surface area contributed by atoms with E-state index in [1.54, 1.807) is 24.3 Å². The van der Waals surface area contributed by atoms with Crippen molar-refractivity contribution >= 4 is 46.3 Å². The summed E-state index contributed by atoms with van der Waals surface area (Å²) in [7, 11) is 5.35. The van der Waals surface area contributed by atoms with Crippen LogP contribution in [0.3, 0.4) is 0 Å². The Morgan fingerprint density at radius 1 is 1.00 bits per heavy atom. The summed E-state index contributed by atoms with van der Waals surface area (Å²) in [6, 6.07) is 18.9. The highest BCUT2D eigenvalue weighted by Crippen LogP contribution is 2.40. The van der Waals surface area contributed by atoms with E-state index in [0.29, 0.717) is 22.8 Å². The lowest BCUT2D eigenvalue weighted by atomic mass is 9.95. The van der Waals surface area contributed by atoms with Gasteiger partial charge in [-0.25, -0.2) is 0 Å². The molecule has 4 rings (SSSR count). The lowest BCUT2D eigenvalue weighted by Crippen LogP contribution is -2.31. The molecule has 3 aromatic carbocycles. The Kier molecular flexibility index (Phi) is 7.57. The molecule has 1 heterocycles. The van der Waals surface area contributed by atoms with Gasteiger partial charge in [-0.3, -0.25) is 9.59 Å². The molecule has 1 aliphatic heterocycles. The van der Waals surface area contributed by atoms with Crippen LogP contribution in [0.2, 0.25) is 10.0 Å². The highest BCUT2D eigenvalue weighted by atomic mass is 35.5. The maximum absolute atomic E-state index is 13.3. The standard InChI is InChI=1S/C28H26Cl2N2O4/c1-31(2)21-11-6-18(7-12-21)25-24(26(33)19-8-13-23(36-3)22(30)16-19)27(34)28(35)32(25)15-14-17-4-9-20(29)10-5-17/h4-13,16,25,33H,14-15H2,1-3H3/b26-24-. The van der Waals surface area contributed by atoms with Crippen LogP contribution in [0.5, 0.6) is 5.75 Å². The van der Waals surface area contributed by atoms with Crippen LogP contribution in [-0.4, -0.2) is 49.4 Å². The number of likely N-dealkylation sites (tertiary alicyclic amines) is 1. The molecule has 0 aliphatic carbocycles. The normalized spacial score (nSPS) is 16.9. The summed E-state index contributed by atoms with van der Waals surface area (Å²) in [4.78, 5) is 29.9. The van der Waals surface area contributed by atoms with Crippen molar-refractivity contribution in [2.45, 2.75) is 12.5 Å². The first-order chi connectivity index (χ1) is 17.2. The zero-order valence-corrected chi connectivity index (χ0v) is 21.7. The molecule has 1 atom stereocenters. The first kappa shape index (κ1) is 25.6. The van der Waals surface area contributed by atoms with Crippen LogP contribution in [-0.2, 0) is 16.0 Å². The van der Waals surface area contributed by atoms with E-state index in [9.17, 15) is 14.7 Å². The van der Waals surface area contributed by atoms with Crippen molar-refractivity contribution < 1.29 is 19.4 Å². The molecule has 1 N–H and O–H groups in total. The first-order valence-corrected chi connectivity index (χ1v) is 12.1. The van der Waals surface area contributed by atoms with E-state index in [4.69, 9.17) is 27.9 Å². The number of hydrogen-bond acceptors (Lipinski definition) is 5. The number of rotatable bonds is 7.